The van der Waals surface area contributed by atoms with Gasteiger partial charge in [-0.25, -0.2) is 4.68 Å². The van der Waals surface area contributed by atoms with Crippen LogP contribution < -0.4 is 9.47 Å². The summed E-state index contributed by atoms with van der Waals surface area (Å²) in [7, 11) is 0. The molecule has 9 heteroatoms. The van der Waals surface area contributed by atoms with Gasteiger partial charge >= 0.3 is 13.2 Å². The summed E-state index contributed by atoms with van der Waals surface area (Å²) in [6.45, 7) is -5.98. The molecule has 0 saturated heterocycles. The summed E-state index contributed by atoms with van der Waals surface area (Å²) in [5.41, 5.74) is 1.48. The Labute approximate surface area is 150 Å². The molecule has 27 heavy (non-hydrogen) atoms. The first kappa shape index (κ1) is 18.4. The summed E-state index contributed by atoms with van der Waals surface area (Å²) < 4.78 is 59.5. The number of halogens is 4. The fraction of sp³-hybridized carbons (Fsp3) is 0.111. The molecule has 0 amide bonds. The molecule has 0 saturated carbocycles. The van der Waals surface area contributed by atoms with Gasteiger partial charge in [0.2, 0.25) is 0 Å². The van der Waals surface area contributed by atoms with Crippen LogP contribution in [0.25, 0.3) is 16.9 Å². The molecule has 0 unspecified atom stereocenters. The number of hydrogen-bond acceptors (Lipinski definition) is 4. The number of benzene rings is 2. The van der Waals surface area contributed by atoms with Crippen LogP contribution in [0.2, 0.25) is 0 Å². The van der Waals surface area contributed by atoms with E-state index in [1.807, 2.05) is 0 Å². The summed E-state index contributed by atoms with van der Waals surface area (Å²) in [4.78, 5) is 10.9. The summed E-state index contributed by atoms with van der Waals surface area (Å²) >= 11 is 0. The monoisotopic (exact) mass is 380 g/mol. The van der Waals surface area contributed by atoms with Gasteiger partial charge in [-0.2, -0.15) is 22.7 Å². The second-order valence-electron chi connectivity index (χ2n) is 5.27. The maximum atomic E-state index is 12.5. The predicted molar refractivity (Wildman–Crippen MR) is 87.7 cm³/mol. The molecule has 2 aromatic carbocycles. The van der Waals surface area contributed by atoms with E-state index in [2.05, 4.69) is 14.6 Å². The molecule has 3 rings (SSSR count). The van der Waals surface area contributed by atoms with Gasteiger partial charge in [-0.15, -0.1) is 0 Å². The van der Waals surface area contributed by atoms with Crippen molar-refractivity contribution in [3.63, 3.8) is 0 Å². The van der Waals surface area contributed by atoms with Gasteiger partial charge in [-0.05, 0) is 42.5 Å². The molecule has 0 fully saturated rings. The number of nitrogens with zero attached hydrogens (tertiary/aromatic N) is 2. The zero-order chi connectivity index (χ0) is 19.4. The van der Waals surface area contributed by atoms with E-state index >= 15 is 0 Å². The van der Waals surface area contributed by atoms with Gasteiger partial charge in [0, 0.05) is 11.8 Å². The summed E-state index contributed by atoms with van der Waals surface area (Å²) in [5, 5.41) is 4.31. The molecule has 0 aliphatic carbocycles. The summed E-state index contributed by atoms with van der Waals surface area (Å²) in [6.07, 6.45) is 2.03. The molecule has 1 aromatic heterocycles. The van der Waals surface area contributed by atoms with E-state index in [1.165, 1.54) is 41.1 Å². The maximum absolute atomic E-state index is 12.5. The van der Waals surface area contributed by atoms with Crippen LogP contribution in [0.4, 0.5) is 17.6 Å². The fourth-order valence-corrected chi connectivity index (χ4v) is 2.39. The number of alkyl halides is 4. The Kier molecular flexibility index (Phi) is 5.39. The van der Waals surface area contributed by atoms with Crippen molar-refractivity contribution in [1.82, 2.24) is 9.78 Å². The molecule has 140 valence electrons. The largest absolute Gasteiger partial charge is 0.435 e. The molecular formula is C18H12F4N2O3. The van der Waals surface area contributed by atoms with Crippen molar-refractivity contribution in [2.45, 2.75) is 13.2 Å². The Bertz CT molecular complexity index is 927. The lowest BCUT2D eigenvalue weighted by Gasteiger charge is -2.08. The van der Waals surface area contributed by atoms with E-state index in [0.29, 0.717) is 23.2 Å². The number of ether oxygens (including phenoxy) is 2. The van der Waals surface area contributed by atoms with Crippen LogP contribution in [0.5, 0.6) is 11.5 Å². The van der Waals surface area contributed by atoms with E-state index < -0.39 is 13.2 Å². The molecule has 5 nitrogen and oxygen atoms in total. The van der Waals surface area contributed by atoms with Crippen LogP contribution in [0.3, 0.4) is 0 Å². The zero-order valence-corrected chi connectivity index (χ0v) is 13.6. The number of aromatic nitrogens is 2. The van der Waals surface area contributed by atoms with Crippen molar-refractivity contribution in [3.05, 3.63) is 60.3 Å². The number of aldehydes is 1. The van der Waals surface area contributed by atoms with E-state index in [9.17, 15) is 22.4 Å². The minimum atomic E-state index is -3.06. The van der Waals surface area contributed by atoms with Gasteiger partial charge in [-0.1, -0.05) is 6.07 Å². The molecule has 0 N–H and O–H groups in total. The number of carbonyl (C=O) groups is 1. The standard InChI is InChI=1S/C18H12F4N2O3/c19-17(20)26-14-5-3-13(4-6-14)24-8-7-15(23-24)11-1-2-12(10-25)16(9-11)27-18(21)22/h1-10,17-18H. The molecule has 1 heterocycles. The average Bonchev–Trinajstić information content (AvgIpc) is 3.11. The molecule has 0 spiro atoms. The second kappa shape index (κ2) is 7.90. The van der Waals surface area contributed by atoms with Gasteiger partial charge < -0.3 is 9.47 Å². The highest BCUT2D eigenvalue weighted by atomic mass is 19.3. The molecule has 0 aliphatic rings. The molecule has 0 radical (unpaired) electrons. The van der Waals surface area contributed by atoms with Crippen LogP contribution in [0.15, 0.2) is 54.7 Å². The third-order valence-electron chi connectivity index (χ3n) is 3.57. The number of hydrogen-bond donors (Lipinski definition) is 0. The normalized spacial score (nSPS) is 11.0. The first-order valence-electron chi connectivity index (χ1n) is 7.61. The minimum Gasteiger partial charge on any atom is -0.435 e. The first-order chi connectivity index (χ1) is 13.0. The second-order valence-corrected chi connectivity index (χ2v) is 5.27. The van der Waals surface area contributed by atoms with Gasteiger partial charge in [0.05, 0.1) is 16.9 Å². The molecule has 0 atom stereocenters. The van der Waals surface area contributed by atoms with Crippen molar-refractivity contribution in [2.24, 2.45) is 0 Å². The van der Waals surface area contributed by atoms with Crippen molar-refractivity contribution in [2.75, 3.05) is 0 Å². The number of rotatable bonds is 7. The molecule has 0 bridgehead atoms. The topological polar surface area (TPSA) is 53.4 Å². The highest BCUT2D eigenvalue weighted by Crippen LogP contribution is 2.27. The smallest absolute Gasteiger partial charge is 0.387 e. The molecule has 3 aromatic rings. The van der Waals surface area contributed by atoms with Crippen molar-refractivity contribution < 1.29 is 31.8 Å². The Morgan fingerprint density at radius 2 is 1.63 bits per heavy atom. The van der Waals surface area contributed by atoms with E-state index in [0.717, 1.165) is 0 Å². The van der Waals surface area contributed by atoms with E-state index in [1.54, 1.807) is 18.3 Å². The van der Waals surface area contributed by atoms with Crippen LogP contribution in [-0.4, -0.2) is 29.3 Å². The van der Waals surface area contributed by atoms with Gasteiger partial charge in [0.25, 0.3) is 0 Å². The minimum absolute atomic E-state index is 0.00639. The van der Waals surface area contributed by atoms with Gasteiger partial charge in [0.15, 0.2) is 6.29 Å². The predicted octanol–water partition coefficient (Wildman–Crippen LogP) is 4.55. The van der Waals surface area contributed by atoms with Gasteiger partial charge in [-0.3, -0.25) is 4.79 Å². The van der Waals surface area contributed by atoms with Crippen molar-refractivity contribution in [1.29, 1.82) is 0 Å². The SMILES string of the molecule is O=Cc1ccc(-c2ccn(-c3ccc(OC(F)F)cc3)n2)cc1OC(F)F. The van der Waals surface area contributed by atoms with Crippen molar-refractivity contribution in [3.8, 4) is 28.4 Å². The van der Waals surface area contributed by atoms with Crippen LogP contribution in [0.1, 0.15) is 10.4 Å². The first-order valence-corrected chi connectivity index (χ1v) is 7.61. The lowest BCUT2D eigenvalue weighted by molar-refractivity contribution is -0.0506. The Balaban J connectivity index is 1.86. The maximum Gasteiger partial charge on any atom is 0.387 e. The summed E-state index contributed by atoms with van der Waals surface area (Å²) in [6, 6.07) is 11.6. The fourth-order valence-electron chi connectivity index (χ4n) is 2.39. The molecular weight excluding hydrogens is 368 g/mol. The Hall–Kier alpha value is -3.36. The van der Waals surface area contributed by atoms with Crippen LogP contribution in [0, 0.1) is 0 Å². The van der Waals surface area contributed by atoms with Crippen LogP contribution in [-0.2, 0) is 0 Å². The van der Waals surface area contributed by atoms with Crippen molar-refractivity contribution >= 4 is 6.29 Å². The van der Waals surface area contributed by atoms with Gasteiger partial charge in [0.1, 0.15) is 11.5 Å². The lowest BCUT2D eigenvalue weighted by atomic mass is 10.1. The third-order valence-corrected chi connectivity index (χ3v) is 3.57. The summed E-state index contributed by atoms with van der Waals surface area (Å²) in [5.74, 6) is -0.236. The highest BCUT2D eigenvalue weighted by molar-refractivity contribution is 5.81. The third kappa shape index (κ3) is 4.43. The molecule has 0 aliphatic heterocycles. The Morgan fingerprint density at radius 1 is 0.926 bits per heavy atom. The quantitative estimate of drug-likeness (QED) is 0.446. The lowest BCUT2D eigenvalue weighted by Crippen LogP contribution is -2.04. The van der Waals surface area contributed by atoms with E-state index in [4.69, 9.17) is 0 Å². The number of carbonyl (C=O) groups excluding carboxylic acids is 1. The van der Waals surface area contributed by atoms with E-state index in [-0.39, 0.29) is 17.1 Å². The zero-order valence-electron chi connectivity index (χ0n) is 13.6. The average molecular weight is 380 g/mol. The Morgan fingerprint density at radius 3 is 2.26 bits per heavy atom. The highest BCUT2D eigenvalue weighted by Gasteiger charge is 2.13. The van der Waals surface area contributed by atoms with Crippen LogP contribution >= 0.6 is 0 Å².